The molecule has 0 atom stereocenters. The average Bonchev–Trinajstić information content (AvgIpc) is 3.44. The predicted molar refractivity (Wildman–Crippen MR) is 124 cm³/mol. The Kier molecular flexibility index (Phi) is 5.28. The van der Waals surface area contributed by atoms with Crippen molar-refractivity contribution in [1.29, 1.82) is 0 Å². The molecule has 0 radical (unpaired) electrons. The van der Waals surface area contributed by atoms with Crippen LogP contribution in [0.5, 0.6) is 5.75 Å². The summed E-state index contributed by atoms with van der Waals surface area (Å²) in [6.07, 6.45) is 0.977. The number of rotatable bonds is 5. The topological polar surface area (TPSA) is 58.8 Å². The first-order chi connectivity index (χ1) is 15.2. The number of aromatic nitrogens is 1. The first kappa shape index (κ1) is 19.9. The number of para-hydroxylation sites is 2. The van der Waals surface area contributed by atoms with E-state index in [1.165, 1.54) is 10.3 Å². The Hall–Kier alpha value is -3.06. The van der Waals surface area contributed by atoms with E-state index in [-0.39, 0.29) is 5.91 Å². The molecule has 1 aliphatic rings. The van der Waals surface area contributed by atoms with Gasteiger partial charge in [0.1, 0.15) is 0 Å². The van der Waals surface area contributed by atoms with Gasteiger partial charge in [0, 0.05) is 31.6 Å². The van der Waals surface area contributed by atoms with Crippen LogP contribution in [-0.4, -0.2) is 48.6 Å². The summed E-state index contributed by atoms with van der Waals surface area (Å²) >= 11 is 1.73. The zero-order valence-electron chi connectivity index (χ0n) is 17.8. The molecule has 4 aromatic rings. The highest BCUT2D eigenvalue weighted by atomic mass is 32.1. The number of ether oxygens (including phenoxy) is 1. The molecule has 31 heavy (non-hydrogen) atoms. The zero-order chi connectivity index (χ0) is 21.4. The number of fused-ring (bicyclic) bond motifs is 2. The molecule has 5 rings (SSSR count). The average molecular weight is 436 g/mol. The molecule has 0 bridgehead atoms. The SMILES string of the molecule is CCOc1cccc2cc(C(=O)N3CCN(c4nc5c(CC)cccc5s4)CC3)oc12. The third kappa shape index (κ3) is 3.63. The maximum atomic E-state index is 13.1. The number of piperazine rings is 1. The number of thiazole rings is 1. The van der Waals surface area contributed by atoms with Crippen molar-refractivity contribution in [3.63, 3.8) is 0 Å². The van der Waals surface area contributed by atoms with Crippen LogP contribution in [0.1, 0.15) is 30.0 Å². The summed E-state index contributed by atoms with van der Waals surface area (Å²) in [5.41, 5.74) is 3.02. The summed E-state index contributed by atoms with van der Waals surface area (Å²) in [4.78, 5) is 22.1. The number of anilines is 1. The molecular formula is C24H25N3O3S. The molecule has 0 N–H and O–H groups in total. The Morgan fingerprint density at radius 3 is 2.71 bits per heavy atom. The number of furan rings is 1. The molecule has 1 amide bonds. The Bertz CT molecular complexity index is 1240. The summed E-state index contributed by atoms with van der Waals surface area (Å²) in [7, 11) is 0. The van der Waals surface area contributed by atoms with Gasteiger partial charge in [0.05, 0.1) is 16.8 Å². The third-order valence-corrected chi connectivity index (χ3v) is 6.81. The molecule has 1 saturated heterocycles. The lowest BCUT2D eigenvalue weighted by Gasteiger charge is -2.34. The van der Waals surface area contributed by atoms with Crippen molar-refractivity contribution in [3.8, 4) is 5.75 Å². The zero-order valence-corrected chi connectivity index (χ0v) is 18.6. The van der Waals surface area contributed by atoms with E-state index in [0.29, 0.717) is 36.8 Å². The van der Waals surface area contributed by atoms with Gasteiger partial charge in [-0.05, 0) is 37.1 Å². The number of carbonyl (C=O) groups excluding carboxylic acids is 1. The van der Waals surface area contributed by atoms with Gasteiger partial charge < -0.3 is 19.0 Å². The van der Waals surface area contributed by atoms with E-state index in [2.05, 4.69) is 30.0 Å². The van der Waals surface area contributed by atoms with Crippen molar-refractivity contribution in [3.05, 3.63) is 53.8 Å². The van der Waals surface area contributed by atoms with Crippen LogP contribution in [0.15, 0.2) is 46.9 Å². The lowest BCUT2D eigenvalue weighted by molar-refractivity contribution is 0.0717. The number of hydrogen-bond acceptors (Lipinski definition) is 6. The van der Waals surface area contributed by atoms with Gasteiger partial charge in [-0.3, -0.25) is 4.79 Å². The van der Waals surface area contributed by atoms with Gasteiger partial charge in [-0.25, -0.2) is 4.98 Å². The molecule has 3 heterocycles. The Balaban J connectivity index is 1.31. The molecule has 0 unspecified atom stereocenters. The molecule has 2 aromatic carbocycles. The largest absolute Gasteiger partial charge is 0.490 e. The van der Waals surface area contributed by atoms with Gasteiger partial charge in [-0.2, -0.15) is 0 Å². The summed E-state index contributed by atoms with van der Waals surface area (Å²) in [6, 6.07) is 13.9. The number of nitrogens with zero attached hydrogens (tertiary/aromatic N) is 3. The van der Waals surface area contributed by atoms with E-state index in [0.717, 1.165) is 35.5 Å². The minimum absolute atomic E-state index is 0.0733. The number of hydrogen-bond donors (Lipinski definition) is 0. The molecule has 0 spiro atoms. The smallest absolute Gasteiger partial charge is 0.289 e. The van der Waals surface area contributed by atoms with Crippen LogP contribution in [-0.2, 0) is 6.42 Å². The van der Waals surface area contributed by atoms with Gasteiger partial charge in [0.2, 0.25) is 0 Å². The molecule has 0 aliphatic carbocycles. The first-order valence-corrected chi connectivity index (χ1v) is 11.6. The minimum Gasteiger partial charge on any atom is -0.490 e. The van der Waals surface area contributed by atoms with Crippen molar-refractivity contribution in [1.82, 2.24) is 9.88 Å². The maximum Gasteiger partial charge on any atom is 0.289 e. The summed E-state index contributed by atoms with van der Waals surface area (Å²) in [5, 5.41) is 1.92. The predicted octanol–water partition coefficient (Wildman–Crippen LogP) is 4.97. The molecule has 160 valence electrons. The standard InChI is InChI=1S/C24H25N3O3S/c1-3-16-7-6-10-20-21(16)25-24(31-20)27-13-11-26(12-14-27)23(28)19-15-17-8-5-9-18(29-4-2)22(17)30-19/h5-10,15H,3-4,11-14H2,1-2H3. The van der Waals surface area contributed by atoms with Gasteiger partial charge in [-0.15, -0.1) is 0 Å². The van der Waals surface area contributed by atoms with E-state index in [1.807, 2.05) is 36.1 Å². The summed E-state index contributed by atoms with van der Waals surface area (Å²) in [6.45, 7) is 7.45. The summed E-state index contributed by atoms with van der Waals surface area (Å²) in [5.74, 6) is 0.963. The lowest BCUT2D eigenvalue weighted by Crippen LogP contribution is -2.48. The number of amides is 1. The van der Waals surface area contributed by atoms with Gasteiger partial charge in [-0.1, -0.05) is 42.5 Å². The maximum absolute atomic E-state index is 13.1. The Morgan fingerprint density at radius 2 is 1.94 bits per heavy atom. The molecule has 6 nitrogen and oxygen atoms in total. The monoisotopic (exact) mass is 435 g/mol. The van der Waals surface area contributed by atoms with Crippen molar-refractivity contribution in [2.75, 3.05) is 37.7 Å². The first-order valence-electron chi connectivity index (χ1n) is 10.8. The van der Waals surface area contributed by atoms with Crippen molar-refractivity contribution in [2.24, 2.45) is 0 Å². The minimum atomic E-state index is -0.0733. The lowest BCUT2D eigenvalue weighted by atomic mass is 10.1. The second kappa shape index (κ2) is 8.23. The number of benzene rings is 2. The number of aryl methyl sites for hydroxylation is 1. The van der Waals surface area contributed by atoms with Crippen LogP contribution in [0.4, 0.5) is 5.13 Å². The van der Waals surface area contributed by atoms with Gasteiger partial charge >= 0.3 is 0 Å². The van der Waals surface area contributed by atoms with E-state index in [1.54, 1.807) is 11.3 Å². The fourth-order valence-corrected chi connectivity index (χ4v) is 5.15. The van der Waals surface area contributed by atoms with Crippen molar-refractivity contribution >= 4 is 43.6 Å². The van der Waals surface area contributed by atoms with Crippen LogP contribution >= 0.6 is 11.3 Å². The summed E-state index contributed by atoms with van der Waals surface area (Å²) < 4.78 is 12.8. The highest BCUT2D eigenvalue weighted by Gasteiger charge is 2.26. The fraction of sp³-hybridized carbons (Fsp3) is 0.333. The van der Waals surface area contributed by atoms with Crippen molar-refractivity contribution < 1.29 is 13.9 Å². The molecule has 1 aliphatic heterocycles. The van der Waals surface area contributed by atoms with Gasteiger partial charge in [0.15, 0.2) is 22.2 Å². The number of carbonyl (C=O) groups is 1. The molecule has 1 fully saturated rings. The third-order valence-electron chi connectivity index (χ3n) is 5.73. The van der Waals surface area contributed by atoms with Crippen LogP contribution in [0.25, 0.3) is 21.2 Å². The molecule has 2 aromatic heterocycles. The Labute approximate surface area is 185 Å². The van der Waals surface area contributed by atoms with E-state index >= 15 is 0 Å². The molecular weight excluding hydrogens is 410 g/mol. The van der Waals surface area contributed by atoms with Crippen LogP contribution in [0, 0.1) is 0 Å². The normalized spacial score (nSPS) is 14.5. The van der Waals surface area contributed by atoms with Crippen LogP contribution in [0.3, 0.4) is 0 Å². The van der Waals surface area contributed by atoms with E-state index in [4.69, 9.17) is 14.1 Å². The highest BCUT2D eigenvalue weighted by Crippen LogP contribution is 2.32. The Morgan fingerprint density at radius 1 is 1.13 bits per heavy atom. The fourth-order valence-electron chi connectivity index (χ4n) is 4.08. The molecule has 0 saturated carbocycles. The molecule has 7 heteroatoms. The van der Waals surface area contributed by atoms with Crippen molar-refractivity contribution in [2.45, 2.75) is 20.3 Å². The van der Waals surface area contributed by atoms with Crippen LogP contribution < -0.4 is 9.64 Å². The van der Waals surface area contributed by atoms with Crippen LogP contribution in [0.2, 0.25) is 0 Å². The van der Waals surface area contributed by atoms with Gasteiger partial charge in [0.25, 0.3) is 5.91 Å². The quantitative estimate of drug-likeness (QED) is 0.443. The highest BCUT2D eigenvalue weighted by molar-refractivity contribution is 7.22. The van der Waals surface area contributed by atoms with E-state index in [9.17, 15) is 4.79 Å². The van der Waals surface area contributed by atoms with E-state index < -0.39 is 0 Å². The second-order valence-electron chi connectivity index (χ2n) is 7.61. The second-order valence-corrected chi connectivity index (χ2v) is 8.62.